The van der Waals surface area contributed by atoms with Gasteiger partial charge in [0.05, 0.1) is 11.7 Å². The quantitative estimate of drug-likeness (QED) is 0.395. The maximum atomic E-state index is 14.0. The van der Waals surface area contributed by atoms with Crippen molar-refractivity contribution in [1.29, 1.82) is 0 Å². The van der Waals surface area contributed by atoms with Gasteiger partial charge in [-0.05, 0) is 29.7 Å². The number of rotatable bonds is 6. The molecule has 0 spiro atoms. The van der Waals surface area contributed by atoms with Crippen LogP contribution in [0, 0.1) is 17.5 Å². The fourth-order valence-corrected chi connectivity index (χ4v) is 4.31. The van der Waals surface area contributed by atoms with E-state index < -0.39 is 47.4 Å². The third kappa shape index (κ3) is 4.72. The summed E-state index contributed by atoms with van der Waals surface area (Å²) in [4.78, 5) is 18.2. The molecule has 1 aromatic carbocycles. The maximum absolute atomic E-state index is 14.0. The Balaban J connectivity index is 1.60. The topological polar surface area (TPSA) is 119 Å². The first-order valence-corrected chi connectivity index (χ1v) is 10.6. The maximum Gasteiger partial charge on any atom is 0.449 e. The number of imidazole rings is 1. The van der Waals surface area contributed by atoms with Crippen LogP contribution in [-0.4, -0.2) is 53.6 Å². The fourth-order valence-electron chi connectivity index (χ4n) is 4.31. The Bertz CT molecular complexity index is 1230. The summed E-state index contributed by atoms with van der Waals surface area (Å²) in [5.41, 5.74) is 5.76. The molecule has 35 heavy (non-hydrogen) atoms. The molecule has 4 rings (SSSR count). The summed E-state index contributed by atoms with van der Waals surface area (Å²) in [6, 6.07) is -0.677. The fraction of sp³-hybridized carbons (Fsp3) is 0.450. The molecule has 2 aromatic heterocycles. The average molecular weight is 502 g/mol. The van der Waals surface area contributed by atoms with Crippen molar-refractivity contribution in [2.45, 2.75) is 51.0 Å². The van der Waals surface area contributed by atoms with Crippen molar-refractivity contribution in [2.75, 3.05) is 6.54 Å². The van der Waals surface area contributed by atoms with Gasteiger partial charge in [0.1, 0.15) is 11.5 Å². The number of alkyl halides is 3. The first-order chi connectivity index (χ1) is 16.5. The smallest absolute Gasteiger partial charge is 0.332 e. The van der Waals surface area contributed by atoms with Gasteiger partial charge in [-0.25, -0.2) is 18.2 Å². The first-order valence-electron chi connectivity index (χ1n) is 10.6. The van der Waals surface area contributed by atoms with Crippen LogP contribution in [0.25, 0.3) is 11.5 Å². The van der Waals surface area contributed by atoms with E-state index in [9.17, 15) is 31.1 Å². The molecule has 3 heterocycles. The largest absolute Gasteiger partial charge is 0.449 e. The number of fused-ring (bicyclic) bond motifs is 1. The van der Waals surface area contributed by atoms with Crippen LogP contribution in [0.3, 0.4) is 0 Å². The molecular weight excluding hydrogens is 482 g/mol. The molecule has 1 unspecified atom stereocenters. The number of hydrogen-bond acceptors (Lipinski definition) is 6. The van der Waals surface area contributed by atoms with Crippen molar-refractivity contribution < 1.29 is 31.1 Å². The number of carbonyl (C=O) groups excluding carboxylic acids is 1. The zero-order valence-electron chi connectivity index (χ0n) is 18.3. The standard InChI is InChI=1S/C20H20F6N8O/c1-2-14-17-16(18-29-31-32-30-18)28-19(20(24,25)26)34(17)4-3-33(14)15(35)7-10(27)5-9-6-12(22)13(23)8-11(9)21/h6,8,10,14H,2-5,7,27H2,1H3,(H,29,30,31,32)/t10-,14?/m1/s1. The van der Waals surface area contributed by atoms with E-state index in [4.69, 9.17) is 5.73 Å². The van der Waals surface area contributed by atoms with Crippen molar-refractivity contribution in [2.24, 2.45) is 5.73 Å². The summed E-state index contributed by atoms with van der Waals surface area (Å²) >= 11 is 0. The summed E-state index contributed by atoms with van der Waals surface area (Å²) in [6.45, 7) is 1.45. The monoisotopic (exact) mass is 502 g/mol. The summed E-state index contributed by atoms with van der Waals surface area (Å²) in [6.07, 6.45) is -5.05. The predicted molar refractivity (Wildman–Crippen MR) is 108 cm³/mol. The van der Waals surface area contributed by atoms with Crippen LogP contribution in [0.5, 0.6) is 0 Å². The summed E-state index contributed by atoms with van der Waals surface area (Å²) < 4.78 is 82.6. The molecule has 0 aliphatic carbocycles. The predicted octanol–water partition coefficient (Wildman–Crippen LogP) is 2.75. The zero-order chi connectivity index (χ0) is 25.5. The molecule has 0 saturated heterocycles. The normalized spacial score (nSPS) is 16.9. The number of tetrazole rings is 1. The Morgan fingerprint density at radius 1 is 1.20 bits per heavy atom. The average Bonchev–Trinajstić information content (AvgIpc) is 3.44. The second-order valence-electron chi connectivity index (χ2n) is 8.09. The molecule has 188 valence electrons. The SMILES string of the molecule is CCC1c2c(-c3nn[nH]n3)nc(C(F)(F)F)n2CCN1C(=O)C[C@H](N)Cc1cc(F)c(F)cc1F. The van der Waals surface area contributed by atoms with E-state index in [1.165, 1.54) is 4.90 Å². The molecule has 1 aliphatic rings. The van der Waals surface area contributed by atoms with Gasteiger partial charge < -0.3 is 15.2 Å². The molecule has 15 heteroatoms. The summed E-state index contributed by atoms with van der Waals surface area (Å²) in [5.74, 6) is -5.37. The van der Waals surface area contributed by atoms with Gasteiger partial charge in [0.2, 0.25) is 17.6 Å². The lowest BCUT2D eigenvalue weighted by Gasteiger charge is -2.37. The van der Waals surface area contributed by atoms with Crippen LogP contribution in [-0.2, 0) is 23.9 Å². The molecule has 0 saturated carbocycles. The van der Waals surface area contributed by atoms with Crippen LogP contribution in [0.2, 0.25) is 0 Å². The van der Waals surface area contributed by atoms with Crippen LogP contribution < -0.4 is 5.73 Å². The Morgan fingerprint density at radius 3 is 2.54 bits per heavy atom. The minimum absolute atomic E-state index is 0.0538. The van der Waals surface area contributed by atoms with Crippen LogP contribution in [0.4, 0.5) is 26.3 Å². The number of halogens is 6. The Hall–Kier alpha value is -3.49. The van der Waals surface area contributed by atoms with E-state index in [0.29, 0.717) is 12.1 Å². The number of nitrogens with two attached hydrogens (primary N) is 1. The molecule has 0 fully saturated rings. The van der Waals surface area contributed by atoms with Gasteiger partial charge in [0.15, 0.2) is 11.6 Å². The number of carbonyl (C=O) groups is 1. The van der Waals surface area contributed by atoms with E-state index >= 15 is 0 Å². The number of amides is 1. The van der Waals surface area contributed by atoms with Crippen molar-refractivity contribution in [3.8, 4) is 11.5 Å². The molecule has 2 atom stereocenters. The first kappa shape index (κ1) is 24.6. The molecule has 3 aromatic rings. The zero-order valence-corrected chi connectivity index (χ0v) is 18.3. The highest BCUT2D eigenvalue weighted by Gasteiger charge is 2.44. The number of aromatic amines is 1. The molecule has 9 nitrogen and oxygen atoms in total. The van der Waals surface area contributed by atoms with Crippen molar-refractivity contribution in [1.82, 2.24) is 35.1 Å². The Kier molecular flexibility index (Phi) is 6.53. The number of nitrogens with one attached hydrogen (secondary N) is 1. The summed E-state index contributed by atoms with van der Waals surface area (Å²) in [7, 11) is 0. The minimum atomic E-state index is -4.75. The van der Waals surface area contributed by atoms with Crippen LogP contribution >= 0.6 is 0 Å². The van der Waals surface area contributed by atoms with Gasteiger partial charge in [-0.2, -0.15) is 18.4 Å². The number of aromatic nitrogens is 6. The lowest BCUT2D eigenvalue weighted by atomic mass is 10.00. The van der Waals surface area contributed by atoms with E-state index in [1.807, 2.05) is 0 Å². The molecule has 1 amide bonds. The highest BCUT2D eigenvalue weighted by molar-refractivity contribution is 5.78. The van der Waals surface area contributed by atoms with E-state index in [-0.39, 0.29) is 55.1 Å². The molecule has 3 N–H and O–H groups in total. The van der Waals surface area contributed by atoms with Gasteiger partial charge in [-0.3, -0.25) is 4.79 Å². The molecule has 1 aliphatic heterocycles. The summed E-state index contributed by atoms with van der Waals surface area (Å²) in [5, 5.41) is 13.0. The highest BCUT2D eigenvalue weighted by Crippen LogP contribution is 2.40. The van der Waals surface area contributed by atoms with Gasteiger partial charge in [0.25, 0.3) is 0 Å². The Labute approximate surface area is 194 Å². The van der Waals surface area contributed by atoms with E-state index in [1.54, 1.807) is 6.92 Å². The van der Waals surface area contributed by atoms with Gasteiger partial charge >= 0.3 is 6.18 Å². The Morgan fingerprint density at radius 2 is 1.91 bits per heavy atom. The molecule has 0 radical (unpaired) electrons. The van der Waals surface area contributed by atoms with Gasteiger partial charge in [0, 0.05) is 31.6 Å². The highest BCUT2D eigenvalue weighted by atomic mass is 19.4. The van der Waals surface area contributed by atoms with Gasteiger partial charge in [-0.1, -0.05) is 6.92 Å². The second kappa shape index (κ2) is 9.28. The number of benzene rings is 1. The van der Waals surface area contributed by atoms with Gasteiger partial charge in [-0.15, -0.1) is 10.2 Å². The number of H-pyrrole nitrogens is 1. The molecular formula is C20H20F6N8O. The van der Waals surface area contributed by atoms with E-state index in [2.05, 4.69) is 25.6 Å². The third-order valence-corrected chi connectivity index (χ3v) is 5.79. The van der Waals surface area contributed by atoms with Crippen molar-refractivity contribution in [3.05, 3.63) is 46.7 Å². The van der Waals surface area contributed by atoms with E-state index in [0.717, 1.165) is 4.57 Å². The lowest BCUT2D eigenvalue weighted by molar-refractivity contribution is -0.148. The third-order valence-electron chi connectivity index (χ3n) is 5.79. The second-order valence-corrected chi connectivity index (χ2v) is 8.09. The van der Waals surface area contributed by atoms with Crippen LogP contribution in [0.1, 0.15) is 42.9 Å². The lowest BCUT2D eigenvalue weighted by Crippen LogP contribution is -2.44. The number of nitrogens with zero attached hydrogens (tertiary/aromatic N) is 6. The molecule has 0 bridgehead atoms. The minimum Gasteiger partial charge on any atom is -0.332 e. The number of hydrogen-bond donors (Lipinski definition) is 2. The van der Waals surface area contributed by atoms with Crippen molar-refractivity contribution >= 4 is 5.91 Å². The van der Waals surface area contributed by atoms with Crippen LogP contribution in [0.15, 0.2) is 12.1 Å². The van der Waals surface area contributed by atoms with Crippen molar-refractivity contribution in [3.63, 3.8) is 0 Å².